The van der Waals surface area contributed by atoms with Crippen molar-refractivity contribution >= 4 is 5.78 Å². The van der Waals surface area contributed by atoms with Crippen molar-refractivity contribution in [2.24, 2.45) is 0 Å². The second-order valence-electron chi connectivity index (χ2n) is 8.40. The predicted molar refractivity (Wildman–Crippen MR) is 119 cm³/mol. The van der Waals surface area contributed by atoms with Crippen molar-refractivity contribution < 1.29 is 49.6 Å². The number of ether oxygens (including phenoxy) is 3. The molecule has 35 heavy (non-hydrogen) atoms. The Morgan fingerprint density at radius 3 is 2.40 bits per heavy atom. The number of rotatable bonds is 4. The van der Waals surface area contributed by atoms with E-state index in [1.165, 1.54) is 31.4 Å². The summed E-state index contributed by atoms with van der Waals surface area (Å²) in [6.45, 7) is -0.365. The molecule has 3 aromatic rings. The Bertz CT molecular complexity index is 1330. The molecule has 10 nitrogen and oxygen atoms in total. The van der Waals surface area contributed by atoms with E-state index in [0.717, 1.165) is 6.07 Å². The number of aliphatic hydroxyl groups excluding tert-OH is 2. The van der Waals surface area contributed by atoms with E-state index in [2.05, 4.69) is 0 Å². The van der Waals surface area contributed by atoms with E-state index in [-0.39, 0.29) is 52.2 Å². The van der Waals surface area contributed by atoms with Crippen LogP contribution < -0.4 is 14.2 Å². The normalized spacial score (nSPS) is 22.7. The minimum atomic E-state index is -1.72. The van der Waals surface area contributed by atoms with E-state index in [1.807, 2.05) is 0 Å². The lowest BCUT2D eigenvalue weighted by Gasteiger charge is -2.29. The standard InChI is InChI=1S/C25H22O10/c1-33-18-6-10(2-3-15(18)28)23-14(9-26)13-4-11(5-17(30)25(13)35-23)24-22(32)21(31)20-16(29)7-12(27)8-19(20)34-24/h2-8,14,21,23-24,26-31H,9H2,1H3/t14?,21?,23?,24-/m1/s1. The van der Waals surface area contributed by atoms with Crippen molar-refractivity contribution in [1.29, 1.82) is 0 Å². The third-order valence-corrected chi connectivity index (χ3v) is 6.31. The van der Waals surface area contributed by atoms with Crippen LogP contribution in [0.25, 0.3) is 0 Å². The van der Waals surface area contributed by atoms with Gasteiger partial charge in [-0.1, -0.05) is 6.07 Å². The van der Waals surface area contributed by atoms with Crippen LogP contribution in [0.2, 0.25) is 0 Å². The fourth-order valence-electron chi connectivity index (χ4n) is 4.62. The molecular formula is C25H22O10. The van der Waals surface area contributed by atoms with E-state index in [1.54, 1.807) is 12.1 Å². The molecule has 0 radical (unpaired) electrons. The smallest absolute Gasteiger partial charge is 0.211 e. The van der Waals surface area contributed by atoms with Gasteiger partial charge in [-0.05, 0) is 29.8 Å². The number of methoxy groups -OCH3 is 1. The highest BCUT2D eigenvalue weighted by molar-refractivity contribution is 5.92. The van der Waals surface area contributed by atoms with Gasteiger partial charge in [0.15, 0.2) is 29.1 Å². The summed E-state index contributed by atoms with van der Waals surface area (Å²) in [7, 11) is 1.40. The number of hydrogen-bond acceptors (Lipinski definition) is 10. The average Bonchev–Trinajstić information content (AvgIpc) is 3.20. The summed E-state index contributed by atoms with van der Waals surface area (Å²) >= 11 is 0. The van der Waals surface area contributed by atoms with Gasteiger partial charge < -0.3 is 44.8 Å². The summed E-state index contributed by atoms with van der Waals surface area (Å²) in [5.41, 5.74) is 1.02. The maximum Gasteiger partial charge on any atom is 0.211 e. The van der Waals surface area contributed by atoms with Gasteiger partial charge in [0.25, 0.3) is 0 Å². The maximum absolute atomic E-state index is 12.9. The third kappa shape index (κ3) is 3.54. The summed E-state index contributed by atoms with van der Waals surface area (Å²) in [5, 5.41) is 61.2. The molecule has 182 valence electrons. The molecule has 0 spiro atoms. The second-order valence-corrected chi connectivity index (χ2v) is 8.40. The number of aliphatic hydroxyl groups is 2. The number of Topliss-reactive ketones (excluding diaryl/α,β-unsaturated/α-hetero) is 1. The summed E-state index contributed by atoms with van der Waals surface area (Å²) in [5.74, 6) is -2.36. The molecule has 3 unspecified atom stereocenters. The SMILES string of the molecule is COc1cc(C2Oc3c(O)cc([C@H]4Oc5cc(O)cc(O)c5C(O)C4=O)cc3C2CO)ccc1O. The highest BCUT2D eigenvalue weighted by Gasteiger charge is 2.42. The average molecular weight is 482 g/mol. The van der Waals surface area contributed by atoms with E-state index in [9.17, 15) is 35.4 Å². The molecule has 10 heteroatoms. The quantitative estimate of drug-likeness (QED) is 0.325. The highest BCUT2D eigenvalue weighted by Crippen LogP contribution is 2.53. The van der Waals surface area contributed by atoms with Gasteiger partial charge in [-0.25, -0.2) is 0 Å². The topological polar surface area (TPSA) is 166 Å². The van der Waals surface area contributed by atoms with Crippen LogP contribution >= 0.6 is 0 Å². The van der Waals surface area contributed by atoms with Gasteiger partial charge in [-0.3, -0.25) is 4.79 Å². The van der Waals surface area contributed by atoms with Crippen LogP contribution in [-0.2, 0) is 4.79 Å². The van der Waals surface area contributed by atoms with Crippen LogP contribution in [0, 0.1) is 0 Å². The zero-order valence-electron chi connectivity index (χ0n) is 18.4. The number of benzene rings is 3. The molecule has 0 amide bonds. The van der Waals surface area contributed by atoms with Gasteiger partial charge in [0.1, 0.15) is 29.5 Å². The Morgan fingerprint density at radius 1 is 0.914 bits per heavy atom. The molecule has 3 aromatic carbocycles. The zero-order valence-corrected chi connectivity index (χ0v) is 18.4. The summed E-state index contributed by atoms with van der Waals surface area (Å²) in [6.07, 6.45) is -3.81. The van der Waals surface area contributed by atoms with Crippen molar-refractivity contribution in [2.75, 3.05) is 13.7 Å². The van der Waals surface area contributed by atoms with Gasteiger partial charge in [0, 0.05) is 23.3 Å². The molecule has 5 rings (SSSR count). The third-order valence-electron chi connectivity index (χ3n) is 6.31. The minimum Gasteiger partial charge on any atom is -0.508 e. The van der Waals surface area contributed by atoms with Gasteiger partial charge >= 0.3 is 0 Å². The van der Waals surface area contributed by atoms with Gasteiger partial charge in [-0.2, -0.15) is 0 Å². The molecule has 0 saturated heterocycles. The van der Waals surface area contributed by atoms with Crippen LogP contribution in [0.3, 0.4) is 0 Å². The highest BCUT2D eigenvalue weighted by atomic mass is 16.5. The lowest BCUT2D eigenvalue weighted by Crippen LogP contribution is -2.30. The largest absolute Gasteiger partial charge is 0.508 e. The predicted octanol–water partition coefficient (Wildman–Crippen LogP) is 2.46. The number of ketones is 1. The fraction of sp³-hybridized carbons (Fsp3) is 0.240. The second kappa shape index (κ2) is 8.26. The molecule has 2 heterocycles. The van der Waals surface area contributed by atoms with Crippen LogP contribution in [0.4, 0.5) is 0 Å². The Morgan fingerprint density at radius 2 is 1.69 bits per heavy atom. The van der Waals surface area contributed by atoms with E-state index in [0.29, 0.717) is 11.1 Å². The Labute approximate surface area is 198 Å². The van der Waals surface area contributed by atoms with E-state index >= 15 is 0 Å². The molecule has 0 aliphatic carbocycles. The summed E-state index contributed by atoms with van der Waals surface area (Å²) in [4.78, 5) is 12.9. The lowest BCUT2D eigenvalue weighted by atomic mass is 9.88. The van der Waals surface area contributed by atoms with Crippen molar-refractivity contribution in [2.45, 2.75) is 24.2 Å². The molecule has 0 fully saturated rings. The van der Waals surface area contributed by atoms with Gasteiger partial charge in [-0.15, -0.1) is 0 Å². The number of aromatic hydroxyl groups is 4. The Hall–Kier alpha value is -4.15. The van der Waals surface area contributed by atoms with Crippen molar-refractivity contribution in [3.8, 4) is 40.2 Å². The molecular weight excluding hydrogens is 460 g/mol. The Balaban J connectivity index is 1.54. The Kier molecular flexibility index (Phi) is 5.34. The van der Waals surface area contributed by atoms with Crippen molar-refractivity contribution in [3.05, 3.63) is 64.7 Å². The molecule has 0 bridgehead atoms. The molecule has 0 aromatic heterocycles. The van der Waals surface area contributed by atoms with Crippen LogP contribution in [-0.4, -0.2) is 50.1 Å². The maximum atomic E-state index is 12.9. The van der Waals surface area contributed by atoms with Crippen molar-refractivity contribution in [3.63, 3.8) is 0 Å². The monoisotopic (exact) mass is 482 g/mol. The first-order valence-electron chi connectivity index (χ1n) is 10.7. The lowest BCUT2D eigenvalue weighted by molar-refractivity contribution is -0.137. The van der Waals surface area contributed by atoms with Crippen LogP contribution in [0.15, 0.2) is 42.5 Å². The number of carbonyl (C=O) groups excluding carboxylic acids is 1. The number of phenols is 4. The molecule has 6 N–H and O–H groups in total. The fourth-order valence-corrected chi connectivity index (χ4v) is 4.62. The van der Waals surface area contributed by atoms with Gasteiger partial charge in [0.05, 0.1) is 25.2 Å². The number of phenolic OH excluding ortho intramolecular Hbond substituents is 4. The first-order valence-corrected chi connectivity index (χ1v) is 10.7. The van der Waals surface area contributed by atoms with Crippen LogP contribution in [0.1, 0.15) is 46.5 Å². The number of carbonyl (C=O) groups is 1. The number of fused-ring (bicyclic) bond motifs is 2. The first kappa shape index (κ1) is 22.6. The summed E-state index contributed by atoms with van der Waals surface area (Å²) in [6, 6.07) is 9.55. The van der Waals surface area contributed by atoms with E-state index < -0.39 is 35.8 Å². The molecule has 2 aliphatic rings. The van der Waals surface area contributed by atoms with E-state index in [4.69, 9.17) is 14.2 Å². The number of hydrogen-bond donors (Lipinski definition) is 6. The molecule has 4 atom stereocenters. The van der Waals surface area contributed by atoms with Crippen LogP contribution in [0.5, 0.6) is 40.2 Å². The zero-order chi connectivity index (χ0) is 25.0. The summed E-state index contributed by atoms with van der Waals surface area (Å²) < 4.78 is 16.8. The minimum absolute atomic E-state index is 0.0682. The molecule has 0 saturated carbocycles. The van der Waals surface area contributed by atoms with Gasteiger partial charge in [0.2, 0.25) is 5.78 Å². The molecule has 2 aliphatic heterocycles. The first-order chi connectivity index (χ1) is 16.7. The van der Waals surface area contributed by atoms with Crippen molar-refractivity contribution in [1.82, 2.24) is 0 Å².